The number of benzene rings is 1. The fourth-order valence-electron chi connectivity index (χ4n) is 4.41. The summed E-state index contributed by atoms with van der Waals surface area (Å²) < 4.78 is 56.5. The van der Waals surface area contributed by atoms with Crippen LogP contribution in [0.5, 0.6) is 0 Å². The Hall–Kier alpha value is -3.49. The third-order valence-corrected chi connectivity index (χ3v) is 7.64. The topological polar surface area (TPSA) is 92.0 Å². The Kier molecular flexibility index (Phi) is 9.12. The Labute approximate surface area is 223 Å². The average molecular weight is 548 g/mol. The summed E-state index contributed by atoms with van der Waals surface area (Å²) in [5, 5.41) is 23.2. The molecule has 0 unspecified atom stereocenters. The second-order valence-corrected chi connectivity index (χ2v) is 10.0. The number of thiophene rings is 1. The molecule has 2 aromatic rings. The van der Waals surface area contributed by atoms with Crippen LogP contribution < -0.4 is 10.6 Å². The molecule has 0 fully saturated rings. The van der Waals surface area contributed by atoms with Gasteiger partial charge in [0.15, 0.2) is 0 Å². The van der Waals surface area contributed by atoms with Gasteiger partial charge in [0.05, 0.1) is 6.54 Å². The van der Waals surface area contributed by atoms with Gasteiger partial charge in [-0.05, 0) is 50.6 Å². The Balaban J connectivity index is 2.23. The second kappa shape index (κ2) is 11.9. The average Bonchev–Trinajstić information content (AvgIpc) is 3.21. The van der Waals surface area contributed by atoms with Crippen molar-refractivity contribution < 1.29 is 22.4 Å². The molecule has 0 saturated carbocycles. The minimum Gasteiger partial charge on any atom is -0.391 e. The first-order valence-corrected chi connectivity index (χ1v) is 12.8. The first-order chi connectivity index (χ1) is 17.9. The van der Waals surface area contributed by atoms with E-state index in [9.17, 15) is 23.2 Å². The normalized spacial score (nSPS) is 16.8. The predicted molar refractivity (Wildman–Crippen MR) is 141 cm³/mol. The molecular weight excluding hydrogens is 518 g/mol. The summed E-state index contributed by atoms with van der Waals surface area (Å²) in [6, 6.07) is 6.06. The lowest BCUT2D eigenvalue weighted by atomic mass is 9.81. The molecule has 0 spiro atoms. The number of halogens is 4. The number of nitriles is 1. The zero-order valence-electron chi connectivity index (χ0n) is 21.5. The molecule has 6 nitrogen and oxygen atoms in total. The highest BCUT2D eigenvalue weighted by molar-refractivity contribution is 7.12. The summed E-state index contributed by atoms with van der Waals surface area (Å²) in [6.45, 7) is 5.84. The largest absolute Gasteiger partial charge is 0.433 e. The van der Waals surface area contributed by atoms with Crippen molar-refractivity contribution in [1.82, 2.24) is 15.5 Å². The second-order valence-electron chi connectivity index (χ2n) is 8.91. The lowest BCUT2D eigenvalue weighted by Gasteiger charge is -2.34. The molecule has 1 aliphatic heterocycles. The van der Waals surface area contributed by atoms with Crippen molar-refractivity contribution in [2.24, 2.45) is 0 Å². The van der Waals surface area contributed by atoms with Crippen LogP contribution in [-0.4, -0.2) is 48.9 Å². The molecule has 202 valence electrons. The van der Waals surface area contributed by atoms with Gasteiger partial charge in [-0.25, -0.2) is 4.39 Å². The number of nitrogens with one attached hydrogen (secondary N) is 3. The molecule has 1 aliphatic rings. The van der Waals surface area contributed by atoms with Gasteiger partial charge < -0.3 is 15.5 Å². The number of hydrogen-bond donors (Lipinski definition) is 3. The van der Waals surface area contributed by atoms with Gasteiger partial charge >= 0.3 is 6.18 Å². The van der Waals surface area contributed by atoms with Crippen molar-refractivity contribution in [2.45, 2.75) is 45.5 Å². The number of hydrogen-bond acceptors (Lipinski definition) is 6. The number of alkyl halides is 3. The van der Waals surface area contributed by atoms with E-state index in [0.29, 0.717) is 16.0 Å². The highest BCUT2D eigenvalue weighted by Gasteiger charge is 2.40. The molecule has 1 aromatic carbocycles. The molecule has 1 amide bonds. The van der Waals surface area contributed by atoms with Crippen LogP contribution in [0.4, 0.5) is 17.6 Å². The molecule has 0 bridgehead atoms. The molecule has 38 heavy (non-hydrogen) atoms. The van der Waals surface area contributed by atoms with Crippen LogP contribution in [0.2, 0.25) is 0 Å². The zero-order valence-corrected chi connectivity index (χ0v) is 22.3. The number of rotatable bonds is 8. The molecule has 0 saturated heterocycles. The number of amides is 1. The Morgan fingerprint density at radius 2 is 2.11 bits per heavy atom. The van der Waals surface area contributed by atoms with Gasteiger partial charge in [-0.15, -0.1) is 11.3 Å². The minimum absolute atomic E-state index is 0.0637. The lowest BCUT2D eigenvalue weighted by Crippen LogP contribution is -2.38. The first-order valence-electron chi connectivity index (χ1n) is 12.0. The number of carbonyl (C=O) groups excluding carboxylic acids is 1. The number of likely N-dealkylation sites (N-methyl/N-ethyl adjacent to an activating group) is 1. The van der Waals surface area contributed by atoms with Crippen LogP contribution in [-0.2, 0) is 11.3 Å². The molecule has 11 heteroatoms. The van der Waals surface area contributed by atoms with E-state index in [1.165, 1.54) is 29.5 Å². The van der Waals surface area contributed by atoms with Gasteiger partial charge in [-0.3, -0.25) is 10.2 Å². The summed E-state index contributed by atoms with van der Waals surface area (Å²) in [5.41, 5.74) is -1.10. The fraction of sp³-hybridized carbons (Fsp3) is 0.370. The van der Waals surface area contributed by atoms with Gasteiger partial charge in [-0.1, -0.05) is 18.2 Å². The molecule has 1 aromatic heterocycles. The maximum absolute atomic E-state index is 15.4. The summed E-state index contributed by atoms with van der Waals surface area (Å²) in [4.78, 5) is 15.8. The number of fused-ring (bicyclic) bond motifs is 1. The predicted octanol–water partition coefficient (Wildman–Crippen LogP) is 5.24. The van der Waals surface area contributed by atoms with E-state index in [1.807, 2.05) is 6.92 Å². The standard InChI is InChI=1S/C27H29F4N5OS/c1-5-35-12-18(26(33)27(29,30)31)25-17(7-6-8-20(25)28)19-13-36(23(37)10-9-15(2)34-4)14-22-24(19)16(3)21(11-32)38-22/h6-10,12,15,19,33-35H,5,13-14H2,1-4H3/b10-9+,18-12-,33-26?/t15-,19+/m1/s1. The molecule has 0 aliphatic carbocycles. The Morgan fingerprint density at radius 1 is 1.39 bits per heavy atom. The van der Waals surface area contributed by atoms with E-state index in [0.717, 1.165) is 17.1 Å². The van der Waals surface area contributed by atoms with Crippen LogP contribution >= 0.6 is 11.3 Å². The van der Waals surface area contributed by atoms with Crippen molar-refractivity contribution in [3.8, 4) is 6.07 Å². The molecule has 0 radical (unpaired) electrons. The lowest BCUT2D eigenvalue weighted by molar-refractivity contribution is -0.127. The zero-order chi connectivity index (χ0) is 28.2. The summed E-state index contributed by atoms with van der Waals surface area (Å²) in [7, 11) is 1.75. The maximum Gasteiger partial charge on any atom is 0.433 e. The van der Waals surface area contributed by atoms with Gasteiger partial charge in [-0.2, -0.15) is 18.4 Å². The fourth-order valence-corrected chi connectivity index (χ4v) is 5.59. The number of nitrogens with zero attached hydrogens (tertiary/aromatic N) is 2. The van der Waals surface area contributed by atoms with Crippen molar-refractivity contribution in [2.75, 3.05) is 20.1 Å². The third kappa shape index (κ3) is 5.97. The maximum atomic E-state index is 15.4. The van der Waals surface area contributed by atoms with Crippen LogP contribution in [0.1, 0.15) is 51.8 Å². The SMILES string of the molecule is CCN/C=C(\C(=N)C(F)(F)F)c1c(F)cccc1[C@@H]1CN(C(=O)/C=C/[C@@H](C)NC)Cc2sc(C#N)c(C)c21. The highest BCUT2D eigenvalue weighted by Crippen LogP contribution is 2.44. The Bertz CT molecular complexity index is 1320. The van der Waals surface area contributed by atoms with Gasteiger partial charge in [0.25, 0.3) is 0 Å². The van der Waals surface area contributed by atoms with E-state index >= 15 is 4.39 Å². The van der Waals surface area contributed by atoms with Gasteiger partial charge in [0, 0.05) is 53.3 Å². The van der Waals surface area contributed by atoms with Crippen LogP contribution in [0.25, 0.3) is 5.57 Å². The summed E-state index contributed by atoms with van der Waals surface area (Å²) >= 11 is 1.22. The molecular formula is C27H29F4N5OS. The molecule has 3 rings (SSSR count). The van der Waals surface area contributed by atoms with Crippen LogP contribution in [0.3, 0.4) is 0 Å². The Morgan fingerprint density at radius 3 is 2.71 bits per heavy atom. The van der Waals surface area contributed by atoms with Gasteiger partial charge in [0.2, 0.25) is 5.91 Å². The summed E-state index contributed by atoms with van der Waals surface area (Å²) in [6.07, 6.45) is -0.880. The number of carbonyl (C=O) groups is 1. The van der Waals surface area contributed by atoms with E-state index in [2.05, 4.69) is 16.7 Å². The van der Waals surface area contributed by atoms with Crippen molar-refractivity contribution in [1.29, 1.82) is 10.7 Å². The van der Waals surface area contributed by atoms with E-state index in [1.54, 1.807) is 31.9 Å². The van der Waals surface area contributed by atoms with E-state index in [4.69, 9.17) is 5.41 Å². The van der Waals surface area contributed by atoms with Crippen LogP contribution in [0, 0.1) is 29.5 Å². The summed E-state index contributed by atoms with van der Waals surface area (Å²) in [5.74, 6) is -1.94. The van der Waals surface area contributed by atoms with E-state index in [-0.39, 0.29) is 42.7 Å². The van der Waals surface area contributed by atoms with Crippen molar-refractivity contribution in [3.05, 3.63) is 74.4 Å². The third-order valence-electron chi connectivity index (χ3n) is 6.45. The van der Waals surface area contributed by atoms with Gasteiger partial charge in [0.1, 0.15) is 22.5 Å². The molecule has 2 heterocycles. The quantitative estimate of drug-likeness (QED) is 0.240. The first kappa shape index (κ1) is 29.1. The highest BCUT2D eigenvalue weighted by atomic mass is 32.1. The van der Waals surface area contributed by atoms with Crippen molar-refractivity contribution >= 4 is 28.5 Å². The molecule has 2 atom stereocenters. The van der Waals surface area contributed by atoms with Crippen molar-refractivity contribution in [3.63, 3.8) is 0 Å². The smallest absolute Gasteiger partial charge is 0.391 e. The minimum atomic E-state index is -5.01. The molecule has 3 N–H and O–H groups in total. The monoisotopic (exact) mass is 547 g/mol. The van der Waals surface area contributed by atoms with E-state index < -0.39 is 29.2 Å². The van der Waals surface area contributed by atoms with Crippen LogP contribution in [0.15, 0.2) is 36.6 Å². The number of allylic oxidation sites excluding steroid dienone is 1.